The topological polar surface area (TPSA) is 59.0 Å². The molecule has 0 spiro atoms. The maximum atomic E-state index is 9.82. The minimum Gasteiger partial charge on any atom is -0.507 e. The molecule has 1 fully saturated rings. The summed E-state index contributed by atoms with van der Waals surface area (Å²) >= 11 is 0. The molecule has 1 aliphatic rings. The Balaban J connectivity index is 1.79. The van der Waals surface area contributed by atoms with E-state index in [1.807, 2.05) is 6.92 Å². The summed E-state index contributed by atoms with van der Waals surface area (Å²) in [6.45, 7) is 8.25. The first-order valence-electron chi connectivity index (χ1n) is 7.23. The summed E-state index contributed by atoms with van der Waals surface area (Å²) in [7, 11) is 2.15. The second-order valence-electron chi connectivity index (χ2n) is 5.53. The summed E-state index contributed by atoms with van der Waals surface area (Å²) in [4.78, 5) is 4.77. The van der Waals surface area contributed by atoms with Crippen LogP contribution in [0, 0.1) is 0 Å². The van der Waals surface area contributed by atoms with Crippen molar-refractivity contribution >= 4 is 0 Å². The fraction of sp³-hybridized carbons (Fsp3) is 0.600. The minimum absolute atomic E-state index is 0.0661. The van der Waals surface area contributed by atoms with E-state index in [-0.39, 0.29) is 17.5 Å². The molecule has 1 unspecified atom stereocenters. The average molecular weight is 279 g/mol. The number of phenolic OH excluding ortho intramolecular Hbond substituents is 2. The molecule has 20 heavy (non-hydrogen) atoms. The molecule has 5 nitrogen and oxygen atoms in total. The van der Waals surface area contributed by atoms with Crippen LogP contribution in [0.25, 0.3) is 0 Å². The summed E-state index contributed by atoms with van der Waals surface area (Å²) in [6.07, 6.45) is 0. The summed E-state index contributed by atoms with van der Waals surface area (Å²) < 4.78 is 0. The Bertz CT molecular complexity index is 411. The van der Waals surface area contributed by atoms with Gasteiger partial charge >= 0.3 is 0 Å². The standard InChI is InChI=1S/C15H25N3O2/c1-12(15-13(19)4-3-5-14(15)20)16-6-7-18-10-8-17(2)9-11-18/h3-5,12,16,19-20H,6-11H2,1-2H3. The van der Waals surface area contributed by atoms with Gasteiger partial charge < -0.3 is 20.4 Å². The Morgan fingerprint density at radius 2 is 1.75 bits per heavy atom. The molecule has 2 rings (SSSR count). The molecule has 0 aliphatic carbocycles. The highest BCUT2D eigenvalue weighted by molar-refractivity contribution is 5.44. The molecule has 0 aromatic heterocycles. The Morgan fingerprint density at radius 1 is 1.15 bits per heavy atom. The summed E-state index contributed by atoms with van der Waals surface area (Å²) in [5, 5.41) is 23.0. The van der Waals surface area contributed by atoms with Gasteiger partial charge in [-0.3, -0.25) is 4.90 Å². The number of likely N-dealkylation sites (N-methyl/N-ethyl adjacent to an activating group) is 1. The van der Waals surface area contributed by atoms with E-state index in [0.29, 0.717) is 5.56 Å². The number of phenols is 2. The van der Waals surface area contributed by atoms with Crippen molar-refractivity contribution in [2.24, 2.45) is 0 Å². The molecule has 1 aromatic rings. The Labute approximate surface area is 120 Å². The van der Waals surface area contributed by atoms with Crippen molar-refractivity contribution in [3.63, 3.8) is 0 Å². The number of rotatable bonds is 5. The van der Waals surface area contributed by atoms with Gasteiger partial charge in [0, 0.05) is 45.3 Å². The van der Waals surface area contributed by atoms with Gasteiger partial charge in [-0.15, -0.1) is 0 Å². The molecule has 0 bridgehead atoms. The zero-order chi connectivity index (χ0) is 14.5. The predicted octanol–water partition coefficient (Wildman–Crippen LogP) is 0.996. The fourth-order valence-electron chi connectivity index (χ4n) is 2.60. The molecule has 1 aromatic carbocycles. The molecule has 1 saturated heterocycles. The molecule has 0 radical (unpaired) electrons. The van der Waals surface area contributed by atoms with E-state index < -0.39 is 0 Å². The number of benzene rings is 1. The van der Waals surface area contributed by atoms with Gasteiger partial charge in [-0.05, 0) is 26.1 Å². The quantitative estimate of drug-likeness (QED) is 0.750. The fourth-order valence-corrected chi connectivity index (χ4v) is 2.60. The number of aromatic hydroxyl groups is 2. The molecule has 1 atom stereocenters. The minimum atomic E-state index is -0.0661. The molecule has 0 amide bonds. The van der Waals surface area contributed by atoms with Gasteiger partial charge in [0.2, 0.25) is 0 Å². The lowest BCUT2D eigenvalue weighted by Gasteiger charge is -2.32. The second-order valence-corrected chi connectivity index (χ2v) is 5.53. The van der Waals surface area contributed by atoms with E-state index in [2.05, 4.69) is 22.2 Å². The highest BCUT2D eigenvalue weighted by Gasteiger charge is 2.16. The second kappa shape index (κ2) is 6.92. The molecule has 1 heterocycles. The third kappa shape index (κ3) is 3.85. The first-order chi connectivity index (χ1) is 9.58. The predicted molar refractivity (Wildman–Crippen MR) is 80.1 cm³/mol. The van der Waals surface area contributed by atoms with E-state index in [9.17, 15) is 10.2 Å². The maximum Gasteiger partial charge on any atom is 0.124 e. The van der Waals surface area contributed by atoms with E-state index in [0.717, 1.165) is 39.3 Å². The van der Waals surface area contributed by atoms with Crippen molar-refractivity contribution in [3.8, 4) is 11.5 Å². The van der Waals surface area contributed by atoms with Crippen LogP contribution in [-0.4, -0.2) is 66.3 Å². The first kappa shape index (κ1) is 15.1. The Hall–Kier alpha value is -1.30. The lowest BCUT2D eigenvalue weighted by Crippen LogP contribution is -2.46. The van der Waals surface area contributed by atoms with E-state index in [1.165, 1.54) is 0 Å². The monoisotopic (exact) mass is 279 g/mol. The van der Waals surface area contributed by atoms with Crippen LogP contribution in [0.15, 0.2) is 18.2 Å². The maximum absolute atomic E-state index is 9.82. The zero-order valence-electron chi connectivity index (χ0n) is 12.3. The van der Waals surface area contributed by atoms with Crippen molar-refractivity contribution in [1.82, 2.24) is 15.1 Å². The van der Waals surface area contributed by atoms with Crippen molar-refractivity contribution < 1.29 is 10.2 Å². The number of piperazine rings is 1. The summed E-state index contributed by atoms with van der Waals surface area (Å²) in [5.41, 5.74) is 0.575. The Kier molecular flexibility index (Phi) is 5.23. The van der Waals surface area contributed by atoms with Crippen molar-refractivity contribution in [2.75, 3.05) is 46.3 Å². The van der Waals surface area contributed by atoms with Gasteiger partial charge in [-0.1, -0.05) is 6.07 Å². The normalized spacial score (nSPS) is 19.1. The third-order valence-corrected chi connectivity index (χ3v) is 3.97. The van der Waals surface area contributed by atoms with Crippen LogP contribution in [0.2, 0.25) is 0 Å². The highest BCUT2D eigenvalue weighted by Crippen LogP contribution is 2.31. The van der Waals surface area contributed by atoms with Gasteiger partial charge in [-0.25, -0.2) is 0 Å². The largest absolute Gasteiger partial charge is 0.507 e. The zero-order valence-corrected chi connectivity index (χ0v) is 12.3. The van der Waals surface area contributed by atoms with Gasteiger partial charge in [0.05, 0.1) is 5.56 Å². The van der Waals surface area contributed by atoms with Crippen LogP contribution >= 0.6 is 0 Å². The molecule has 1 aliphatic heterocycles. The van der Waals surface area contributed by atoms with Crippen LogP contribution < -0.4 is 5.32 Å². The van der Waals surface area contributed by atoms with Gasteiger partial charge in [0.1, 0.15) is 11.5 Å². The number of nitrogens with zero attached hydrogens (tertiary/aromatic N) is 2. The summed E-state index contributed by atoms with van der Waals surface area (Å²) in [5.74, 6) is 0.286. The highest BCUT2D eigenvalue weighted by atomic mass is 16.3. The van der Waals surface area contributed by atoms with Crippen molar-refractivity contribution in [1.29, 1.82) is 0 Å². The molecule has 3 N–H and O–H groups in total. The number of hydrogen-bond donors (Lipinski definition) is 3. The summed E-state index contributed by atoms with van der Waals surface area (Å²) in [6, 6.07) is 4.79. The van der Waals surface area contributed by atoms with Crippen LogP contribution in [-0.2, 0) is 0 Å². The molecular formula is C15H25N3O2. The number of nitrogens with one attached hydrogen (secondary N) is 1. The SMILES string of the molecule is CC(NCCN1CCN(C)CC1)c1c(O)cccc1O. The van der Waals surface area contributed by atoms with E-state index in [1.54, 1.807) is 18.2 Å². The lowest BCUT2D eigenvalue weighted by molar-refractivity contribution is 0.154. The van der Waals surface area contributed by atoms with Crippen molar-refractivity contribution in [2.45, 2.75) is 13.0 Å². The Morgan fingerprint density at radius 3 is 2.35 bits per heavy atom. The molecule has 5 heteroatoms. The molecule has 0 saturated carbocycles. The smallest absolute Gasteiger partial charge is 0.124 e. The van der Waals surface area contributed by atoms with Crippen LogP contribution in [0.4, 0.5) is 0 Å². The lowest BCUT2D eigenvalue weighted by atomic mass is 10.1. The van der Waals surface area contributed by atoms with E-state index >= 15 is 0 Å². The first-order valence-corrected chi connectivity index (χ1v) is 7.23. The van der Waals surface area contributed by atoms with Crippen molar-refractivity contribution in [3.05, 3.63) is 23.8 Å². The van der Waals surface area contributed by atoms with Gasteiger partial charge in [0.25, 0.3) is 0 Å². The van der Waals surface area contributed by atoms with Gasteiger partial charge in [0.15, 0.2) is 0 Å². The van der Waals surface area contributed by atoms with Crippen LogP contribution in [0.3, 0.4) is 0 Å². The molecule has 112 valence electrons. The third-order valence-electron chi connectivity index (χ3n) is 3.97. The van der Waals surface area contributed by atoms with E-state index in [4.69, 9.17) is 0 Å². The number of hydrogen-bond acceptors (Lipinski definition) is 5. The van der Waals surface area contributed by atoms with Gasteiger partial charge in [-0.2, -0.15) is 0 Å². The average Bonchev–Trinajstić information content (AvgIpc) is 2.41. The van der Waals surface area contributed by atoms with Crippen LogP contribution in [0.1, 0.15) is 18.5 Å². The van der Waals surface area contributed by atoms with Crippen LogP contribution in [0.5, 0.6) is 11.5 Å². The molecular weight excluding hydrogens is 254 g/mol.